The van der Waals surface area contributed by atoms with Crippen molar-refractivity contribution in [3.8, 4) is 5.75 Å². The van der Waals surface area contributed by atoms with E-state index in [9.17, 15) is 5.11 Å². The van der Waals surface area contributed by atoms with E-state index in [-0.39, 0.29) is 0 Å². The van der Waals surface area contributed by atoms with E-state index in [1.165, 1.54) is 0 Å². The Kier molecular flexibility index (Phi) is 3.21. The van der Waals surface area contributed by atoms with Crippen molar-refractivity contribution in [3.05, 3.63) is 96.1 Å². The highest BCUT2D eigenvalue weighted by Crippen LogP contribution is 2.40. The first-order valence-corrected chi connectivity index (χ1v) is 7.48. The SMILES string of the molecule is OC1(c2ccccc2)Oc2ccccc2N=C1c1ccccc1. The predicted molar refractivity (Wildman–Crippen MR) is 90.0 cm³/mol. The second kappa shape index (κ2) is 5.38. The fraction of sp³-hybridized carbons (Fsp3) is 0.0500. The molecule has 4 rings (SSSR count). The lowest BCUT2D eigenvalue weighted by Gasteiger charge is -2.34. The molecule has 0 radical (unpaired) electrons. The van der Waals surface area contributed by atoms with Gasteiger partial charge < -0.3 is 9.84 Å². The number of aliphatic hydroxyl groups is 1. The fourth-order valence-corrected chi connectivity index (χ4v) is 2.76. The summed E-state index contributed by atoms with van der Waals surface area (Å²) >= 11 is 0. The molecular formula is C20H15NO2. The third-order valence-electron chi connectivity index (χ3n) is 3.89. The molecular weight excluding hydrogens is 286 g/mol. The monoisotopic (exact) mass is 301 g/mol. The van der Waals surface area contributed by atoms with E-state index in [0.29, 0.717) is 22.7 Å². The zero-order valence-corrected chi connectivity index (χ0v) is 12.4. The molecule has 1 aliphatic rings. The molecule has 3 heteroatoms. The molecule has 0 fully saturated rings. The lowest BCUT2D eigenvalue weighted by molar-refractivity contribution is -0.0830. The number of hydrogen-bond acceptors (Lipinski definition) is 3. The third kappa shape index (κ3) is 2.31. The van der Waals surface area contributed by atoms with Gasteiger partial charge in [0.05, 0.1) is 0 Å². The van der Waals surface area contributed by atoms with Crippen LogP contribution < -0.4 is 4.74 Å². The highest BCUT2D eigenvalue weighted by atomic mass is 16.6. The van der Waals surface area contributed by atoms with Crippen LogP contribution in [0.2, 0.25) is 0 Å². The maximum absolute atomic E-state index is 11.3. The van der Waals surface area contributed by atoms with Crippen LogP contribution in [0, 0.1) is 0 Å². The van der Waals surface area contributed by atoms with Gasteiger partial charge in [-0.3, -0.25) is 0 Å². The Bertz CT molecular complexity index is 859. The Morgan fingerprint density at radius 2 is 1.35 bits per heavy atom. The minimum Gasteiger partial charge on any atom is -0.450 e. The second-order valence-corrected chi connectivity index (χ2v) is 5.41. The van der Waals surface area contributed by atoms with Crippen LogP contribution in [0.5, 0.6) is 5.75 Å². The van der Waals surface area contributed by atoms with E-state index in [1.54, 1.807) is 0 Å². The van der Waals surface area contributed by atoms with E-state index >= 15 is 0 Å². The van der Waals surface area contributed by atoms with Crippen LogP contribution in [0.4, 0.5) is 5.69 Å². The summed E-state index contributed by atoms with van der Waals surface area (Å²) in [7, 11) is 0. The summed E-state index contributed by atoms with van der Waals surface area (Å²) in [6, 6.07) is 26.4. The van der Waals surface area contributed by atoms with Gasteiger partial charge in [-0.2, -0.15) is 0 Å². The minimum atomic E-state index is -1.61. The Hall–Kier alpha value is -2.91. The van der Waals surface area contributed by atoms with Crippen LogP contribution in [0.3, 0.4) is 0 Å². The van der Waals surface area contributed by atoms with Crippen molar-refractivity contribution in [1.29, 1.82) is 0 Å². The molecule has 0 aliphatic carbocycles. The van der Waals surface area contributed by atoms with Crippen LogP contribution in [0.15, 0.2) is 89.9 Å². The number of benzene rings is 3. The van der Waals surface area contributed by atoms with Gasteiger partial charge in [-0.15, -0.1) is 0 Å². The summed E-state index contributed by atoms with van der Waals surface area (Å²) in [4.78, 5) is 4.69. The standard InChI is InChI=1S/C20H15NO2/c22-20(16-11-5-2-6-12-16)19(15-9-3-1-4-10-15)21-17-13-7-8-14-18(17)23-20/h1-14,22H. The van der Waals surface area contributed by atoms with E-state index in [0.717, 1.165) is 5.56 Å². The number of rotatable bonds is 2. The van der Waals surface area contributed by atoms with Crippen LogP contribution in [0.1, 0.15) is 11.1 Å². The molecule has 0 spiro atoms. The molecule has 0 saturated carbocycles. The Morgan fingerprint density at radius 1 is 0.739 bits per heavy atom. The summed E-state index contributed by atoms with van der Waals surface area (Å²) < 4.78 is 6.00. The topological polar surface area (TPSA) is 41.8 Å². The molecule has 3 nitrogen and oxygen atoms in total. The van der Waals surface area contributed by atoms with Crippen molar-refractivity contribution in [1.82, 2.24) is 0 Å². The van der Waals surface area contributed by atoms with Crippen molar-refractivity contribution >= 4 is 11.4 Å². The Labute approximate surface area is 134 Å². The fourth-order valence-electron chi connectivity index (χ4n) is 2.76. The molecule has 0 aromatic heterocycles. The van der Waals surface area contributed by atoms with Gasteiger partial charge in [0.2, 0.25) is 0 Å². The van der Waals surface area contributed by atoms with Gasteiger partial charge in [0, 0.05) is 11.1 Å². The van der Waals surface area contributed by atoms with Crippen LogP contribution in [-0.2, 0) is 5.79 Å². The largest absolute Gasteiger partial charge is 0.450 e. The molecule has 112 valence electrons. The van der Waals surface area contributed by atoms with Gasteiger partial charge >= 0.3 is 0 Å². The number of para-hydroxylation sites is 2. The van der Waals surface area contributed by atoms with Gasteiger partial charge in [0.1, 0.15) is 17.1 Å². The number of aliphatic imine (C=N–C) groups is 1. The number of hydrogen-bond donors (Lipinski definition) is 1. The van der Waals surface area contributed by atoms with Gasteiger partial charge in [-0.1, -0.05) is 72.8 Å². The van der Waals surface area contributed by atoms with Crippen LogP contribution in [-0.4, -0.2) is 10.8 Å². The number of fused-ring (bicyclic) bond motifs is 1. The maximum atomic E-state index is 11.3. The zero-order valence-electron chi connectivity index (χ0n) is 12.4. The van der Waals surface area contributed by atoms with Crippen molar-refractivity contribution < 1.29 is 9.84 Å². The van der Waals surface area contributed by atoms with E-state index in [4.69, 9.17) is 4.74 Å². The van der Waals surface area contributed by atoms with Crippen molar-refractivity contribution in [2.45, 2.75) is 5.79 Å². The molecule has 0 bridgehead atoms. The van der Waals surface area contributed by atoms with Crippen LogP contribution >= 0.6 is 0 Å². The first kappa shape index (κ1) is 13.7. The average molecular weight is 301 g/mol. The smallest absolute Gasteiger partial charge is 0.279 e. The summed E-state index contributed by atoms with van der Waals surface area (Å²) in [5, 5.41) is 11.3. The maximum Gasteiger partial charge on any atom is 0.279 e. The van der Waals surface area contributed by atoms with Gasteiger partial charge in [0.25, 0.3) is 5.79 Å². The van der Waals surface area contributed by atoms with Crippen molar-refractivity contribution in [3.63, 3.8) is 0 Å². The van der Waals surface area contributed by atoms with Gasteiger partial charge in [0.15, 0.2) is 0 Å². The molecule has 0 amide bonds. The third-order valence-corrected chi connectivity index (χ3v) is 3.89. The number of ether oxygens (including phenoxy) is 1. The minimum absolute atomic E-state index is 0.489. The van der Waals surface area contributed by atoms with Crippen molar-refractivity contribution in [2.75, 3.05) is 0 Å². The predicted octanol–water partition coefficient (Wildman–Crippen LogP) is 4.05. The quantitative estimate of drug-likeness (QED) is 0.776. The zero-order chi connectivity index (χ0) is 15.7. The van der Waals surface area contributed by atoms with Gasteiger partial charge in [-0.25, -0.2) is 4.99 Å². The summed E-state index contributed by atoms with van der Waals surface area (Å²) in [5.74, 6) is -1.05. The Balaban J connectivity index is 1.95. The van der Waals surface area contributed by atoms with E-state index < -0.39 is 5.79 Å². The number of nitrogens with zero attached hydrogens (tertiary/aromatic N) is 1. The molecule has 1 N–H and O–H groups in total. The molecule has 1 unspecified atom stereocenters. The highest BCUT2D eigenvalue weighted by Gasteiger charge is 2.42. The summed E-state index contributed by atoms with van der Waals surface area (Å²) in [6.45, 7) is 0. The Morgan fingerprint density at radius 3 is 2.09 bits per heavy atom. The first-order valence-electron chi connectivity index (χ1n) is 7.48. The molecule has 23 heavy (non-hydrogen) atoms. The molecule has 1 aliphatic heterocycles. The van der Waals surface area contributed by atoms with E-state index in [1.807, 2.05) is 84.9 Å². The highest BCUT2D eigenvalue weighted by molar-refractivity contribution is 6.08. The summed E-state index contributed by atoms with van der Waals surface area (Å²) in [5.41, 5.74) is 2.68. The normalized spacial score (nSPS) is 19.4. The molecule has 1 heterocycles. The average Bonchev–Trinajstić information content (AvgIpc) is 2.62. The molecule has 3 aromatic rings. The lowest BCUT2D eigenvalue weighted by atomic mass is 9.94. The summed E-state index contributed by atoms with van der Waals surface area (Å²) in [6.07, 6.45) is 0. The molecule has 0 saturated heterocycles. The second-order valence-electron chi connectivity index (χ2n) is 5.41. The van der Waals surface area contributed by atoms with Gasteiger partial charge in [-0.05, 0) is 12.1 Å². The van der Waals surface area contributed by atoms with E-state index in [2.05, 4.69) is 4.99 Å². The van der Waals surface area contributed by atoms with Crippen molar-refractivity contribution in [2.24, 2.45) is 4.99 Å². The first-order chi connectivity index (χ1) is 11.3. The lowest BCUT2D eigenvalue weighted by Crippen LogP contribution is -2.43. The molecule has 3 aromatic carbocycles. The molecule has 1 atom stereocenters. The van der Waals surface area contributed by atoms with Crippen LogP contribution in [0.25, 0.3) is 0 Å².